The molecule has 0 unspecified atom stereocenters. The Bertz CT molecular complexity index is 567. The number of aryl methyl sites for hydroxylation is 1. The molecule has 0 bridgehead atoms. The molecule has 0 aliphatic rings. The highest BCUT2D eigenvalue weighted by atomic mass is 79.9. The molecule has 0 aromatic carbocycles. The van der Waals surface area contributed by atoms with E-state index in [0.717, 1.165) is 22.2 Å². The monoisotopic (exact) mass is 314 g/mol. The number of hydrogen-bond donors (Lipinski definition) is 0. The largest absolute Gasteiger partial charge is 0.225 e. The maximum absolute atomic E-state index is 6.16. The second-order valence-electron chi connectivity index (χ2n) is 5.23. The number of hydrogen-bond acceptors (Lipinski definition) is 1. The Labute approximate surface area is 115 Å². The average molecular weight is 316 g/mol. The predicted molar refractivity (Wildman–Crippen MR) is 76.0 cm³/mol. The number of rotatable bonds is 1. The van der Waals surface area contributed by atoms with Gasteiger partial charge >= 0.3 is 0 Å². The molecule has 0 radical (unpaired) electrons. The van der Waals surface area contributed by atoms with Gasteiger partial charge in [-0.2, -0.15) is 5.10 Å². The summed E-state index contributed by atoms with van der Waals surface area (Å²) in [5.41, 5.74) is 3.51. The van der Waals surface area contributed by atoms with Crippen molar-refractivity contribution in [1.82, 2.24) is 9.61 Å². The van der Waals surface area contributed by atoms with Gasteiger partial charge in [-0.1, -0.05) is 39.3 Å². The van der Waals surface area contributed by atoms with Gasteiger partial charge in [0.25, 0.3) is 0 Å². The average Bonchev–Trinajstić information content (AvgIpc) is 2.53. The molecular weight excluding hydrogens is 300 g/mol. The Kier molecular flexibility index (Phi) is 3.25. The lowest BCUT2D eigenvalue weighted by atomic mass is 9.86. The Hall–Kier alpha value is -0.540. The molecule has 0 atom stereocenters. The van der Waals surface area contributed by atoms with E-state index in [0.29, 0.717) is 5.02 Å². The SMILES string of the molecule is CCc1cc(C(C)(C)C)c2cc(Cl)c(Br)n2n1. The molecule has 2 heterocycles. The summed E-state index contributed by atoms with van der Waals surface area (Å²) >= 11 is 9.65. The third-order valence-electron chi connectivity index (χ3n) is 2.86. The van der Waals surface area contributed by atoms with Crippen LogP contribution in [-0.4, -0.2) is 9.61 Å². The lowest BCUT2D eigenvalue weighted by Gasteiger charge is -2.21. The summed E-state index contributed by atoms with van der Waals surface area (Å²) in [7, 11) is 0. The van der Waals surface area contributed by atoms with E-state index in [9.17, 15) is 0 Å². The fraction of sp³-hybridized carbons (Fsp3) is 0.462. The maximum Gasteiger partial charge on any atom is 0.127 e. The van der Waals surface area contributed by atoms with Gasteiger partial charge < -0.3 is 0 Å². The molecule has 0 saturated heterocycles. The Balaban J connectivity index is 2.86. The summed E-state index contributed by atoms with van der Waals surface area (Å²) in [6, 6.07) is 4.15. The van der Waals surface area contributed by atoms with E-state index in [1.54, 1.807) is 0 Å². The fourth-order valence-corrected chi connectivity index (χ4v) is 2.48. The molecule has 0 aliphatic heterocycles. The van der Waals surface area contributed by atoms with Crippen molar-refractivity contribution in [3.05, 3.63) is 33.0 Å². The Morgan fingerprint density at radius 3 is 2.53 bits per heavy atom. The van der Waals surface area contributed by atoms with Gasteiger partial charge in [0.15, 0.2) is 0 Å². The second kappa shape index (κ2) is 4.29. The van der Waals surface area contributed by atoms with Crippen LogP contribution in [0.1, 0.15) is 39.0 Å². The highest BCUT2D eigenvalue weighted by Crippen LogP contribution is 2.33. The van der Waals surface area contributed by atoms with Crippen LogP contribution < -0.4 is 0 Å². The molecule has 2 nitrogen and oxygen atoms in total. The van der Waals surface area contributed by atoms with E-state index in [1.165, 1.54) is 5.56 Å². The van der Waals surface area contributed by atoms with Crippen molar-refractivity contribution in [1.29, 1.82) is 0 Å². The first-order chi connectivity index (χ1) is 7.84. The van der Waals surface area contributed by atoms with Gasteiger partial charge in [-0.25, -0.2) is 4.52 Å². The number of nitrogens with zero attached hydrogens (tertiary/aromatic N) is 2. The molecule has 0 aliphatic carbocycles. The topological polar surface area (TPSA) is 17.3 Å². The minimum Gasteiger partial charge on any atom is -0.225 e. The molecule has 17 heavy (non-hydrogen) atoms. The van der Waals surface area contributed by atoms with E-state index >= 15 is 0 Å². The molecule has 2 aromatic heterocycles. The van der Waals surface area contributed by atoms with Gasteiger partial charge in [-0.05, 0) is 45.5 Å². The minimum absolute atomic E-state index is 0.0786. The molecule has 2 aromatic rings. The third kappa shape index (κ3) is 2.23. The van der Waals surface area contributed by atoms with E-state index in [2.05, 4.69) is 54.8 Å². The van der Waals surface area contributed by atoms with Gasteiger partial charge in [-0.15, -0.1) is 0 Å². The van der Waals surface area contributed by atoms with Gasteiger partial charge in [0.2, 0.25) is 0 Å². The van der Waals surface area contributed by atoms with Crippen molar-refractivity contribution >= 4 is 33.0 Å². The molecule has 2 rings (SSSR count). The zero-order valence-electron chi connectivity index (χ0n) is 10.5. The van der Waals surface area contributed by atoms with Crippen molar-refractivity contribution in [2.45, 2.75) is 39.5 Å². The van der Waals surface area contributed by atoms with Crippen LogP contribution in [0.25, 0.3) is 5.52 Å². The van der Waals surface area contributed by atoms with E-state index in [-0.39, 0.29) is 5.41 Å². The minimum atomic E-state index is 0.0786. The highest BCUT2D eigenvalue weighted by molar-refractivity contribution is 9.10. The van der Waals surface area contributed by atoms with Gasteiger partial charge in [0.05, 0.1) is 16.2 Å². The molecular formula is C13H16BrClN2. The van der Waals surface area contributed by atoms with Gasteiger partial charge in [0, 0.05) is 0 Å². The van der Waals surface area contributed by atoms with Crippen LogP contribution >= 0.6 is 27.5 Å². The Morgan fingerprint density at radius 1 is 1.35 bits per heavy atom. The fourth-order valence-electron chi connectivity index (χ4n) is 1.91. The van der Waals surface area contributed by atoms with Crippen LogP contribution in [0.5, 0.6) is 0 Å². The van der Waals surface area contributed by atoms with Crippen LogP contribution in [0.2, 0.25) is 5.02 Å². The maximum atomic E-state index is 6.16. The first-order valence-corrected chi connectivity index (χ1v) is 6.89. The zero-order valence-corrected chi connectivity index (χ0v) is 12.9. The number of fused-ring (bicyclic) bond motifs is 1. The van der Waals surface area contributed by atoms with Crippen LogP contribution in [0.15, 0.2) is 16.7 Å². The van der Waals surface area contributed by atoms with Crippen LogP contribution in [0.3, 0.4) is 0 Å². The smallest absolute Gasteiger partial charge is 0.127 e. The predicted octanol–water partition coefficient (Wildman–Crippen LogP) is 4.61. The number of halogens is 2. The van der Waals surface area contributed by atoms with Crippen LogP contribution in [0, 0.1) is 0 Å². The summed E-state index contributed by atoms with van der Waals surface area (Å²) in [6.07, 6.45) is 0.918. The molecule has 0 saturated carbocycles. The van der Waals surface area contributed by atoms with Crippen LogP contribution in [-0.2, 0) is 11.8 Å². The summed E-state index contributed by atoms with van der Waals surface area (Å²) in [5.74, 6) is 0. The molecule has 4 heteroatoms. The van der Waals surface area contributed by atoms with Crippen molar-refractivity contribution in [2.24, 2.45) is 0 Å². The first-order valence-electron chi connectivity index (χ1n) is 5.71. The lowest BCUT2D eigenvalue weighted by Crippen LogP contribution is -2.14. The molecule has 0 amide bonds. The van der Waals surface area contributed by atoms with Gasteiger partial charge in [0.1, 0.15) is 4.60 Å². The lowest BCUT2D eigenvalue weighted by molar-refractivity contribution is 0.587. The summed E-state index contributed by atoms with van der Waals surface area (Å²) < 4.78 is 2.72. The summed E-state index contributed by atoms with van der Waals surface area (Å²) in [6.45, 7) is 8.73. The van der Waals surface area contributed by atoms with Crippen molar-refractivity contribution in [2.75, 3.05) is 0 Å². The highest BCUT2D eigenvalue weighted by Gasteiger charge is 2.21. The second-order valence-corrected chi connectivity index (χ2v) is 6.39. The standard InChI is InChI=1S/C13H16BrClN2/c1-5-8-6-9(13(2,3)4)11-7-10(15)12(14)17(11)16-8/h6-7H,5H2,1-4H3. The van der Waals surface area contributed by atoms with E-state index in [4.69, 9.17) is 11.6 Å². The quantitative estimate of drug-likeness (QED) is 0.751. The molecule has 92 valence electrons. The normalized spacial score (nSPS) is 12.4. The summed E-state index contributed by atoms with van der Waals surface area (Å²) in [4.78, 5) is 0. The van der Waals surface area contributed by atoms with Crippen molar-refractivity contribution < 1.29 is 0 Å². The van der Waals surface area contributed by atoms with Crippen LogP contribution in [0.4, 0.5) is 0 Å². The zero-order chi connectivity index (χ0) is 12.8. The number of aromatic nitrogens is 2. The molecule has 0 spiro atoms. The van der Waals surface area contributed by atoms with E-state index < -0.39 is 0 Å². The van der Waals surface area contributed by atoms with E-state index in [1.807, 2.05) is 10.6 Å². The first kappa shape index (κ1) is 12.9. The summed E-state index contributed by atoms with van der Waals surface area (Å²) in [5, 5.41) is 5.28. The van der Waals surface area contributed by atoms with Crippen molar-refractivity contribution in [3.63, 3.8) is 0 Å². The third-order valence-corrected chi connectivity index (χ3v) is 4.14. The van der Waals surface area contributed by atoms with Gasteiger partial charge in [-0.3, -0.25) is 0 Å². The van der Waals surface area contributed by atoms with Crippen molar-refractivity contribution in [3.8, 4) is 0 Å². The Morgan fingerprint density at radius 2 is 2.00 bits per heavy atom. The molecule has 0 N–H and O–H groups in total. The molecule has 0 fully saturated rings.